The third-order valence-corrected chi connectivity index (χ3v) is 3.40. The van der Waals surface area contributed by atoms with Gasteiger partial charge in [0.05, 0.1) is 26.0 Å². The molecule has 0 saturated carbocycles. The summed E-state index contributed by atoms with van der Waals surface area (Å²) in [4.78, 5) is 23.2. The molecule has 2 N–H and O–H groups in total. The molecule has 0 bridgehead atoms. The number of methoxy groups -OCH3 is 3. The fourth-order valence-electron chi connectivity index (χ4n) is 2.11. The van der Waals surface area contributed by atoms with E-state index < -0.39 is 18.2 Å². The number of carboxylic acid groups (broad SMARTS) is 1. The number of carbonyl (C=O) groups excluding carboxylic acids is 1. The average molecular weight is 325 g/mol. The lowest BCUT2D eigenvalue weighted by Gasteiger charge is -2.18. The van der Waals surface area contributed by atoms with Crippen LogP contribution in [0.1, 0.15) is 12.0 Å². The van der Waals surface area contributed by atoms with Crippen LogP contribution < -0.4 is 10.1 Å². The first-order valence-electron chi connectivity index (χ1n) is 7.18. The zero-order valence-corrected chi connectivity index (χ0v) is 13.6. The Morgan fingerprint density at radius 2 is 1.74 bits per heavy atom. The molecule has 7 nitrogen and oxygen atoms in total. The molecule has 0 aliphatic carbocycles. The van der Waals surface area contributed by atoms with Crippen molar-refractivity contribution < 1.29 is 28.9 Å². The van der Waals surface area contributed by atoms with Crippen LogP contribution in [0.3, 0.4) is 0 Å². The van der Waals surface area contributed by atoms with Crippen molar-refractivity contribution in [3.05, 3.63) is 29.8 Å². The lowest BCUT2D eigenvalue weighted by Crippen LogP contribution is -2.39. The summed E-state index contributed by atoms with van der Waals surface area (Å²) in [7, 11) is 4.50. The van der Waals surface area contributed by atoms with Crippen molar-refractivity contribution in [2.75, 3.05) is 27.9 Å². The van der Waals surface area contributed by atoms with Gasteiger partial charge in [-0.15, -0.1) is 0 Å². The van der Waals surface area contributed by atoms with Crippen molar-refractivity contribution in [1.29, 1.82) is 0 Å². The van der Waals surface area contributed by atoms with Crippen LogP contribution in [-0.2, 0) is 25.5 Å². The Hall–Kier alpha value is -2.12. The summed E-state index contributed by atoms with van der Waals surface area (Å²) >= 11 is 0. The molecule has 0 saturated heterocycles. The van der Waals surface area contributed by atoms with Gasteiger partial charge in [-0.25, -0.2) is 0 Å². The number of aliphatic carboxylic acids is 1. The molecule has 0 spiro atoms. The molecule has 1 atom stereocenters. The number of nitrogens with one attached hydrogen (secondary N) is 1. The zero-order valence-electron chi connectivity index (χ0n) is 13.6. The van der Waals surface area contributed by atoms with Crippen molar-refractivity contribution in [1.82, 2.24) is 5.32 Å². The van der Waals surface area contributed by atoms with E-state index in [2.05, 4.69) is 5.32 Å². The van der Waals surface area contributed by atoms with E-state index in [0.717, 1.165) is 5.56 Å². The Morgan fingerprint density at radius 3 is 2.22 bits per heavy atom. The lowest BCUT2D eigenvalue weighted by atomic mass is 9.95. The van der Waals surface area contributed by atoms with Crippen LogP contribution in [-0.4, -0.2) is 51.1 Å². The van der Waals surface area contributed by atoms with Crippen LogP contribution in [0.4, 0.5) is 0 Å². The molecule has 0 fully saturated rings. The van der Waals surface area contributed by atoms with Gasteiger partial charge in [-0.3, -0.25) is 9.59 Å². The summed E-state index contributed by atoms with van der Waals surface area (Å²) in [5, 5.41) is 11.7. The Balaban J connectivity index is 2.70. The molecule has 23 heavy (non-hydrogen) atoms. The lowest BCUT2D eigenvalue weighted by molar-refractivity contribution is -0.142. The number of benzene rings is 1. The van der Waals surface area contributed by atoms with E-state index in [-0.39, 0.29) is 18.9 Å². The zero-order chi connectivity index (χ0) is 17.2. The Morgan fingerprint density at radius 1 is 1.13 bits per heavy atom. The van der Waals surface area contributed by atoms with Gasteiger partial charge in [0.25, 0.3) is 0 Å². The highest BCUT2D eigenvalue weighted by Gasteiger charge is 2.23. The van der Waals surface area contributed by atoms with Crippen molar-refractivity contribution in [2.24, 2.45) is 5.92 Å². The molecule has 128 valence electrons. The minimum Gasteiger partial charge on any atom is -0.497 e. The van der Waals surface area contributed by atoms with Crippen molar-refractivity contribution in [3.63, 3.8) is 0 Å². The molecule has 1 aromatic rings. The third-order valence-electron chi connectivity index (χ3n) is 3.40. The fourth-order valence-corrected chi connectivity index (χ4v) is 2.11. The van der Waals surface area contributed by atoms with Crippen LogP contribution in [0.25, 0.3) is 0 Å². The van der Waals surface area contributed by atoms with Crippen LogP contribution in [0, 0.1) is 5.92 Å². The van der Waals surface area contributed by atoms with Gasteiger partial charge < -0.3 is 24.6 Å². The first kappa shape index (κ1) is 18.9. The number of carbonyl (C=O) groups is 2. The van der Waals surface area contributed by atoms with Crippen molar-refractivity contribution in [2.45, 2.75) is 19.1 Å². The second kappa shape index (κ2) is 9.81. The summed E-state index contributed by atoms with van der Waals surface area (Å²) in [5.74, 6) is -1.33. The van der Waals surface area contributed by atoms with Crippen LogP contribution >= 0.6 is 0 Å². The number of amides is 1. The minimum atomic E-state index is -1.02. The number of hydrogen-bond donors (Lipinski definition) is 2. The van der Waals surface area contributed by atoms with Gasteiger partial charge in [-0.2, -0.15) is 0 Å². The molecular formula is C16H23NO6. The number of ether oxygens (including phenoxy) is 3. The number of rotatable bonds is 10. The maximum absolute atomic E-state index is 12.2. The third kappa shape index (κ3) is 6.66. The van der Waals surface area contributed by atoms with Gasteiger partial charge >= 0.3 is 5.97 Å². The Kier molecular flexibility index (Phi) is 8.07. The van der Waals surface area contributed by atoms with Gasteiger partial charge in [0, 0.05) is 14.2 Å². The summed E-state index contributed by atoms with van der Waals surface area (Å²) in [6.45, 7) is 0.157. The number of carboxylic acids is 1. The molecule has 0 radical (unpaired) electrons. The van der Waals surface area contributed by atoms with E-state index in [0.29, 0.717) is 12.2 Å². The maximum Gasteiger partial charge on any atom is 0.304 e. The molecule has 0 aliphatic heterocycles. The summed E-state index contributed by atoms with van der Waals surface area (Å²) in [6.07, 6.45) is -0.486. The molecule has 0 aliphatic rings. The van der Waals surface area contributed by atoms with Crippen molar-refractivity contribution >= 4 is 11.9 Å². The maximum atomic E-state index is 12.2. The molecular weight excluding hydrogens is 302 g/mol. The average Bonchev–Trinajstić information content (AvgIpc) is 2.55. The van der Waals surface area contributed by atoms with Gasteiger partial charge in [0.1, 0.15) is 5.75 Å². The van der Waals surface area contributed by atoms with E-state index in [9.17, 15) is 9.59 Å². The predicted molar refractivity (Wildman–Crippen MR) is 83.3 cm³/mol. The Labute approximate surface area is 135 Å². The highest BCUT2D eigenvalue weighted by molar-refractivity contribution is 5.83. The first-order valence-corrected chi connectivity index (χ1v) is 7.18. The van der Waals surface area contributed by atoms with Crippen LogP contribution in [0.5, 0.6) is 5.75 Å². The topological polar surface area (TPSA) is 94.1 Å². The second-order valence-electron chi connectivity index (χ2n) is 4.99. The second-order valence-corrected chi connectivity index (χ2v) is 4.99. The van der Waals surface area contributed by atoms with Crippen molar-refractivity contribution in [3.8, 4) is 5.75 Å². The summed E-state index contributed by atoms with van der Waals surface area (Å²) in [6, 6.07) is 7.18. The quantitative estimate of drug-likeness (QED) is 0.625. The minimum absolute atomic E-state index is 0.157. The SMILES string of the molecule is COc1ccc(CC(CC(=O)O)C(=O)NCC(OC)OC)cc1. The summed E-state index contributed by atoms with van der Waals surface area (Å²) < 4.78 is 15.0. The van der Waals surface area contributed by atoms with Gasteiger partial charge in [0.2, 0.25) is 5.91 Å². The molecule has 1 unspecified atom stereocenters. The molecule has 1 rings (SSSR count). The van der Waals surface area contributed by atoms with Crippen LogP contribution in [0.2, 0.25) is 0 Å². The van der Waals surface area contributed by atoms with Gasteiger partial charge in [-0.05, 0) is 24.1 Å². The van der Waals surface area contributed by atoms with E-state index in [1.807, 2.05) is 12.1 Å². The normalized spacial score (nSPS) is 12.0. The highest BCUT2D eigenvalue weighted by Crippen LogP contribution is 2.17. The largest absolute Gasteiger partial charge is 0.497 e. The predicted octanol–water partition coefficient (Wildman–Crippen LogP) is 1.06. The molecule has 0 aromatic heterocycles. The van der Waals surface area contributed by atoms with Gasteiger partial charge in [-0.1, -0.05) is 12.1 Å². The molecule has 1 amide bonds. The standard InChI is InChI=1S/C16H23NO6/c1-21-13-6-4-11(5-7-13)8-12(9-14(18)19)16(20)17-10-15(22-2)23-3/h4-7,12,15H,8-10H2,1-3H3,(H,17,20)(H,18,19). The van der Waals surface area contributed by atoms with E-state index in [1.54, 1.807) is 19.2 Å². The number of hydrogen-bond acceptors (Lipinski definition) is 5. The van der Waals surface area contributed by atoms with Gasteiger partial charge in [0.15, 0.2) is 6.29 Å². The Bertz CT molecular complexity index is 498. The molecule has 1 aromatic carbocycles. The van der Waals surface area contributed by atoms with E-state index in [4.69, 9.17) is 19.3 Å². The van der Waals surface area contributed by atoms with E-state index >= 15 is 0 Å². The van der Waals surface area contributed by atoms with Crippen LogP contribution in [0.15, 0.2) is 24.3 Å². The fraction of sp³-hybridized carbons (Fsp3) is 0.500. The smallest absolute Gasteiger partial charge is 0.304 e. The summed E-state index contributed by atoms with van der Waals surface area (Å²) in [5.41, 5.74) is 0.863. The molecule has 7 heteroatoms. The first-order chi connectivity index (χ1) is 11.0. The van der Waals surface area contributed by atoms with E-state index in [1.165, 1.54) is 14.2 Å². The highest BCUT2D eigenvalue weighted by atomic mass is 16.7. The molecule has 0 heterocycles. The monoisotopic (exact) mass is 325 g/mol.